The molecule has 0 radical (unpaired) electrons. The Morgan fingerprint density at radius 2 is 1.97 bits per heavy atom. The third kappa shape index (κ3) is 5.86. The first-order chi connectivity index (χ1) is 18.7. The molecule has 0 aliphatic carbocycles. The molecule has 4 aromatic rings. The molecule has 38 heavy (non-hydrogen) atoms. The number of ether oxygens (including phenoxy) is 1. The summed E-state index contributed by atoms with van der Waals surface area (Å²) in [5.74, 6) is 0. The molecule has 4 heterocycles. The van der Waals surface area contributed by atoms with E-state index >= 15 is 0 Å². The second kappa shape index (κ2) is 11.6. The number of fused-ring (bicyclic) bond motifs is 1. The summed E-state index contributed by atoms with van der Waals surface area (Å²) in [7, 11) is 0. The molecule has 0 atom stereocenters. The van der Waals surface area contributed by atoms with Gasteiger partial charge in [0.25, 0.3) is 0 Å². The van der Waals surface area contributed by atoms with E-state index in [9.17, 15) is 0 Å². The highest BCUT2D eigenvalue weighted by molar-refractivity contribution is 7.19. The first-order valence-electron chi connectivity index (χ1n) is 13.2. The molecule has 196 valence electrons. The molecule has 6 rings (SSSR count). The summed E-state index contributed by atoms with van der Waals surface area (Å²) in [5.41, 5.74) is 14.7. The molecule has 2 aromatic heterocycles. The van der Waals surface area contributed by atoms with Gasteiger partial charge in [0.1, 0.15) is 6.33 Å². The van der Waals surface area contributed by atoms with Crippen molar-refractivity contribution in [3.63, 3.8) is 0 Å². The molecule has 0 unspecified atom stereocenters. The predicted molar refractivity (Wildman–Crippen MR) is 153 cm³/mol. The lowest BCUT2D eigenvalue weighted by Gasteiger charge is -2.26. The van der Waals surface area contributed by atoms with Gasteiger partial charge < -0.3 is 21.1 Å². The molecule has 1 fully saturated rings. The Kier molecular flexibility index (Phi) is 7.59. The number of nitrogen functional groups attached to an aromatic ring is 1. The lowest BCUT2D eigenvalue weighted by atomic mass is 9.97. The number of benzene rings is 2. The second-order valence-corrected chi connectivity index (χ2v) is 10.8. The second-order valence-electron chi connectivity index (χ2n) is 9.80. The van der Waals surface area contributed by atoms with E-state index < -0.39 is 0 Å². The number of morpholine rings is 1. The zero-order chi connectivity index (χ0) is 25.7. The number of nitrogens with one attached hydrogen (secondary N) is 2. The van der Waals surface area contributed by atoms with Crippen LogP contribution in [-0.2, 0) is 24.1 Å². The summed E-state index contributed by atoms with van der Waals surface area (Å²) in [5, 5.41) is 7.89. The van der Waals surface area contributed by atoms with Crippen molar-refractivity contribution in [2.24, 2.45) is 0 Å². The molecule has 1 saturated heterocycles. The Balaban J connectivity index is 1.25. The van der Waals surface area contributed by atoms with Crippen molar-refractivity contribution in [3.8, 4) is 21.8 Å². The Labute approximate surface area is 227 Å². The predicted octanol–water partition coefficient (Wildman–Crippen LogP) is 3.83. The zero-order valence-electron chi connectivity index (χ0n) is 21.4. The molecule has 9 heteroatoms. The number of nitrogens with zero attached hydrogens (tertiary/aromatic N) is 4. The molecule has 8 nitrogen and oxygen atoms in total. The first-order valence-corrected chi connectivity index (χ1v) is 14.1. The van der Waals surface area contributed by atoms with Crippen LogP contribution in [-0.4, -0.2) is 65.8 Å². The Bertz CT molecular complexity index is 1400. The minimum atomic E-state index is 0.716. The first kappa shape index (κ1) is 24.9. The normalized spacial score (nSPS) is 15.8. The van der Waals surface area contributed by atoms with Crippen molar-refractivity contribution < 1.29 is 4.74 Å². The van der Waals surface area contributed by atoms with Gasteiger partial charge in [-0.2, -0.15) is 0 Å². The lowest BCUT2D eigenvalue weighted by molar-refractivity contribution is 0.0398. The van der Waals surface area contributed by atoms with Gasteiger partial charge in [0, 0.05) is 56.1 Å². The Morgan fingerprint density at radius 3 is 2.87 bits per heavy atom. The van der Waals surface area contributed by atoms with Crippen molar-refractivity contribution in [2.75, 3.05) is 57.0 Å². The molecule has 0 saturated carbocycles. The van der Waals surface area contributed by atoms with Crippen molar-refractivity contribution in [1.29, 1.82) is 0 Å². The van der Waals surface area contributed by atoms with Gasteiger partial charge in [0.05, 0.1) is 29.5 Å². The zero-order valence-corrected chi connectivity index (χ0v) is 22.3. The van der Waals surface area contributed by atoms with E-state index in [4.69, 9.17) is 15.5 Å². The summed E-state index contributed by atoms with van der Waals surface area (Å²) in [4.78, 5) is 17.7. The summed E-state index contributed by atoms with van der Waals surface area (Å²) in [6, 6.07) is 16.8. The minimum Gasteiger partial charge on any atom is -0.399 e. The smallest absolute Gasteiger partial charge is 0.183 e. The maximum atomic E-state index is 6.13. The third-order valence-corrected chi connectivity index (χ3v) is 8.13. The maximum Gasteiger partial charge on any atom is 0.183 e. The molecule has 2 aliphatic heterocycles. The van der Waals surface area contributed by atoms with Gasteiger partial charge in [-0.25, -0.2) is 15.0 Å². The van der Waals surface area contributed by atoms with Crippen molar-refractivity contribution in [2.45, 2.75) is 19.4 Å². The van der Waals surface area contributed by atoms with Crippen LogP contribution in [0.15, 0.2) is 54.9 Å². The summed E-state index contributed by atoms with van der Waals surface area (Å²) in [6.07, 6.45) is 3.52. The van der Waals surface area contributed by atoms with E-state index in [1.165, 1.54) is 16.7 Å². The molecule has 4 N–H and O–H groups in total. The standard InChI is InChI=1S/C29H33N7OS/c30-24-3-1-2-22(16-24)27-28(38-29(35-27)32-8-9-36-10-12-37-13-11-36)26-17-25(33-19-34-26)15-20-4-5-21-6-7-31-18-23(21)14-20/h1-5,14,16-17,19,31H,6-13,15,18,30H2,(H,32,35). The number of aromatic nitrogens is 3. The highest BCUT2D eigenvalue weighted by atomic mass is 32.1. The average molecular weight is 528 g/mol. The van der Waals surface area contributed by atoms with Crippen LogP contribution in [0, 0.1) is 0 Å². The molecular formula is C29H33N7OS. The maximum absolute atomic E-state index is 6.13. The number of hydrogen-bond acceptors (Lipinski definition) is 9. The minimum absolute atomic E-state index is 0.716. The molecular weight excluding hydrogens is 494 g/mol. The van der Waals surface area contributed by atoms with E-state index in [0.717, 1.165) is 98.0 Å². The molecule has 0 bridgehead atoms. The van der Waals surface area contributed by atoms with E-state index in [1.807, 2.05) is 18.2 Å². The van der Waals surface area contributed by atoms with E-state index in [-0.39, 0.29) is 0 Å². The van der Waals surface area contributed by atoms with Gasteiger partial charge >= 0.3 is 0 Å². The quantitative estimate of drug-likeness (QED) is 0.297. The van der Waals surface area contributed by atoms with Crippen LogP contribution in [0.2, 0.25) is 0 Å². The average Bonchev–Trinajstić information content (AvgIpc) is 3.38. The van der Waals surface area contributed by atoms with E-state index in [1.54, 1.807) is 17.7 Å². The number of hydrogen-bond donors (Lipinski definition) is 3. The fourth-order valence-electron chi connectivity index (χ4n) is 5.07. The topological polar surface area (TPSA) is 101 Å². The fourth-order valence-corrected chi connectivity index (χ4v) is 6.05. The number of nitrogens with two attached hydrogens (primary N) is 1. The highest BCUT2D eigenvalue weighted by Gasteiger charge is 2.18. The summed E-state index contributed by atoms with van der Waals surface area (Å²) in [6.45, 7) is 7.33. The number of thiazole rings is 1. The fraction of sp³-hybridized carbons (Fsp3) is 0.345. The van der Waals surface area contributed by atoms with Gasteiger partial charge in [0.2, 0.25) is 0 Å². The summed E-state index contributed by atoms with van der Waals surface area (Å²) < 4.78 is 5.47. The van der Waals surface area contributed by atoms with Gasteiger partial charge in [-0.3, -0.25) is 4.90 Å². The van der Waals surface area contributed by atoms with Gasteiger partial charge in [-0.1, -0.05) is 41.7 Å². The van der Waals surface area contributed by atoms with Gasteiger partial charge in [0.15, 0.2) is 5.13 Å². The molecule has 2 aliphatic rings. The van der Waals surface area contributed by atoms with Crippen LogP contribution >= 0.6 is 11.3 Å². The van der Waals surface area contributed by atoms with Crippen LogP contribution in [0.3, 0.4) is 0 Å². The van der Waals surface area contributed by atoms with Gasteiger partial charge in [-0.15, -0.1) is 0 Å². The van der Waals surface area contributed by atoms with Crippen molar-refractivity contribution >= 4 is 22.2 Å². The van der Waals surface area contributed by atoms with E-state index in [2.05, 4.69) is 55.8 Å². The van der Waals surface area contributed by atoms with Crippen molar-refractivity contribution in [3.05, 3.63) is 77.2 Å². The molecule has 0 spiro atoms. The van der Waals surface area contributed by atoms with Crippen LogP contribution in [0.1, 0.15) is 22.4 Å². The summed E-state index contributed by atoms with van der Waals surface area (Å²) >= 11 is 1.63. The van der Waals surface area contributed by atoms with Crippen LogP contribution in [0.5, 0.6) is 0 Å². The number of anilines is 2. The third-order valence-electron chi connectivity index (χ3n) is 7.09. The molecule has 0 amide bonds. The molecule has 2 aromatic carbocycles. The Morgan fingerprint density at radius 1 is 1.05 bits per heavy atom. The largest absolute Gasteiger partial charge is 0.399 e. The number of rotatable bonds is 8. The van der Waals surface area contributed by atoms with E-state index in [0.29, 0.717) is 5.69 Å². The van der Waals surface area contributed by atoms with Crippen LogP contribution < -0.4 is 16.4 Å². The lowest BCUT2D eigenvalue weighted by Crippen LogP contribution is -2.38. The van der Waals surface area contributed by atoms with Crippen LogP contribution in [0.4, 0.5) is 10.8 Å². The highest BCUT2D eigenvalue weighted by Crippen LogP contribution is 2.38. The van der Waals surface area contributed by atoms with Crippen LogP contribution in [0.25, 0.3) is 21.8 Å². The monoisotopic (exact) mass is 527 g/mol. The Hall–Kier alpha value is -3.37. The SMILES string of the molecule is Nc1cccc(-c2nc(NCCN3CCOCC3)sc2-c2cc(Cc3ccc4c(c3)CNCC4)ncn2)c1. The van der Waals surface area contributed by atoms with Gasteiger partial charge in [-0.05, 0) is 47.9 Å². The van der Waals surface area contributed by atoms with Crippen molar-refractivity contribution in [1.82, 2.24) is 25.2 Å².